The lowest BCUT2D eigenvalue weighted by molar-refractivity contribution is 0.0988. The number of aromatic hydroxyl groups is 1. The highest BCUT2D eigenvalue weighted by molar-refractivity contribution is 6.00. The predicted molar refractivity (Wildman–Crippen MR) is 54.7 cm³/mol. The quantitative estimate of drug-likeness (QED) is 0.377. The number of ketones is 1. The van der Waals surface area contributed by atoms with Gasteiger partial charge in [0.15, 0.2) is 11.6 Å². The van der Waals surface area contributed by atoms with E-state index >= 15 is 0 Å². The van der Waals surface area contributed by atoms with Crippen LogP contribution in [-0.4, -0.2) is 31.5 Å². The smallest absolute Gasteiger partial charge is 0.182 e. The highest BCUT2D eigenvalue weighted by Crippen LogP contribution is 2.25. The van der Waals surface area contributed by atoms with E-state index < -0.39 is 0 Å². The first-order valence-electron chi connectivity index (χ1n) is 4.51. The standard InChI is InChI=1S/C9H9N5O2/c10-6-3-1-2-5(9(6)16)7(15)4-8-11-13-14-12-8/h1-3,16H,4,10H2,(H,11,12,13,14). The molecule has 0 fully saturated rings. The second-order valence-electron chi connectivity index (χ2n) is 3.17. The largest absolute Gasteiger partial charge is 0.505 e. The van der Waals surface area contributed by atoms with Gasteiger partial charge in [-0.05, 0) is 12.1 Å². The summed E-state index contributed by atoms with van der Waals surface area (Å²) >= 11 is 0. The lowest BCUT2D eigenvalue weighted by Gasteiger charge is -2.04. The summed E-state index contributed by atoms with van der Waals surface area (Å²) in [4.78, 5) is 11.7. The minimum Gasteiger partial charge on any atom is -0.505 e. The molecule has 7 nitrogen and oxygen atoms in total. The lowest BCUT2D eigenvalue weighted by atomic mass is 10.1. The van der Waals surface area contributed by atoms with Gasteiger partial charge < -0.3 is 10.8 Å². The average Bonchev–Trinajstić information content (AvgIpc) is 2.74. The van der Waals surface area contributed by atoms with Crippen molar-refractivity contribution in [1.29, 1.82) is 0 Å². The second-order valence-corrected chi connectivity index (χ2v) is 3.17. The van der Waals surface area contributed by atoms with Gasteiger partial charge in [-0.15, -0.1) is 10.2 Å². The zero-order valence-corrected chi connectivity index (χ0v) is 8.21. The van der Waals surface area contributed by atoms with Crippen molar-refractivity contribution < 1.29 is 9.90 Å². The molecule has 1 aromatic heterocycles. The van der Waals surface area contributed by atoms with Crippen LogP contribution in [0.25, 0.3) is 0 Å². The number of aromatic nitrogens is 4. The van der Waals surface area contributed by atoms with Crippen LogP contribution >= 0.6 is 0 Å². The van der Waals surface area contributed by atoms with Crippen molar-refractivity contribution in [3.8, 4) is 5.75 Å². The number of anilines is 1. The Hall–Kier alpha value is -2.44. The molecule has 7 heteroatoms. The van der Waals surface area contributed by atoms with E-state index in [-0.39, 0.29) is 35.0 Å². The molecular weight excluding hydrogens is 210 g/mol. The van der Waals surface area contributed by atoms with Gasteiger partial charge in [0.25, 0.3) is 0 Å². The molecule has 82 valence electrons. The molecule has 0 aliphatic rings. The third kappa shape index (κ3) is 1.83. The summed E-state index contributed by atoms with van der Waals surface area (Å²) in [7, 11) is 0. The van der Waals surface area contributed by atoms with E-state index in [0.717, 1.165) is 0 Å². The van der Waals surface area contributed by atoms with Gasteiger partial charge >= 0.3 is 0 Å². The molecule has 0 bridgehead atoms. The minimum atomic E-state index is -0.314. The second kappa shape index (κ2) is 3.97. The Kier molecular flexibility index (Phi) is 2.50. The number of hydrogen-bond donors (Lipinski definition) is 3. The molecule has 0 saturated heterocycles. The number of nitrogen functional groups attached to an aromatic ring is 1. The van der Waals surface area contributed by atoms with Crippen LogP contribution in [0.3, 0.4) is 0 Å². The van der Waals surface area contributed by atoms with Crippen LogP contribution in [0.15, 0.2) is 18.2 Å². The minimum absolute atomic E-state index is 0.0342. The highest BCUT2D eigenvalue weighted by atomic mass is 16.3. The third-order valence-electron chi connectivity index (χ3n) is 2.08. The summed E-state index contributed by atoms with van der Waals surface area (Å²) in [6, 6.07) is 4.60. The molecule has 0 aliphatic carbocycles. The van der Waals surface area contributed by atoms with Crippen molar-refractivity contribution in [3.05, 3.63) is 29.6 Å². The lowest BCUT2D eigenvalue weighted by Crippen LogP contribution is -2.06. The number of phenols is 1. The van der Waals surface area contributed by atoms with Gasteiger partial charge in [0.1, 0.15) is 5.75 Å². The predicted octanol–water partition coefficient (Wildman–Crippen LogP) is -0.0871. The van der Waals surface area contributed by atoms with Gasteiger partial charge in [-0.2, -0.15) is 5.21 Å². The van der Waals surface area contributed by atoms with Crippen molar-refractivity contribution >= 4 is 11.5 Å². The third-order valence-corrected chi connectivity index (χ3v) is 2.08. The van der Waals surface area contributed by atoms with E-state index in [2.05, 4.69) is 20.6 Å². The number of aromatic amines is 1. The van der Waals surface area contributed by atoms with Gasteiger partial charge in [-0.25, -0.2) is 0 Å². The van der Waals surface area contributed by atoms with Crippen molar-refractivity contribution in [2.24, 2.45) is 0 Å². The molecule has 0 amide bonds. The summed E-state index contributed by atoms with van der Waals surface area (Å²) in [6.45, 7) is 0. The normalized spacial score (nSPS) is 10.2. The monoisotopic (exact) mass is 219 g/mol. The molecule has 0 unspecified atom stereocenters. The Balaban J connectivity index is 2.24. The molecular formula is C9H9N5O2. The topological polar surface area (TPSA) is 118 Å². The molecule has 2 aromatic rings. The van der Waals surface area contributed by atoms with Gasteiger partial charge in [-0.1, -0.05) is 11.3 Å². The maximum atomic E-state index is 11.7. The molecule has 0 spiro atoms. The van der Waals surface area contributed by atoms with Crippen molar-refractivity contribution in [3.63, 3.8) is 0 Å². The number of phenolic OH excluding ortho intramolecular Hbond substituents is 1. The molecule has 4 N–H and O–H groups in total. The Morgan fingerprint density at radius 2 is 2.31 bits per heavy atom. The fourth-order valence-corrected chi connectivity index (χ4v) is 1.28. The molecule has 0 atom stereocenters. The first kappa shape index (κ1) is 10.1. The molecule has 1 heterocycles. The van der Waals surface area contributed by atoms with Gasteiger partial charge in [0.2, 0.25) is 0 Å². The average molecular weight is 219 g/mol. The fraction of sp³-hybridized carbons (Fsp3) is 0.111. The van der Waals surface area contributed by atoms with Gasteiger partial charge in [-0.3, -0.25) is 4.79 Å². The van der Waals surface area contributed by atoms with Gasteiger partial charge in [0, 0.05) is 0 Å². The first-order valence-corrected chi connectivity index (χ1v) is 4.51. The van der Waals surface area contributed by atoms with Crippen molar-refractivity contribution in [2.75, 3.05) is 5.73 Å². The number of nitrogens with one attached hydrogen (secondary N) is 1. The molecule has 16 heavy (non-hydrogen) atoms. The fourth-order valence-electron chi connectivity index (χ4n) is 1.28. The Bertz CT molecular complexity index is 509. The van der Waals surface area contributed by atoms with Crippen LogP contribution in [0.4, 0.5) is 5.69 Å². The SMILES string of the molecule is Nc1cccc(C(=O)Cc2nn[nH]n2)c1O. The Morgan fingerprint density at radius 3 is 3.00 bits per heavy atom. The maximum absolute atomic E-state index is 11.7. The van der Waals surface area contributed by atoms with E-state index in [1.54, 1.807) is 6.07 Å². The number of rotatable bonds is 3. The number of Topliss-reactive ketones (excluding diaryl/α,β-unsaturated/α-hetero) is 1. The number of para-hydroxylation sites is 1. The summed E-state index contributed by atoms with van der Waals surface area (Å²) in [5.41, 5.74) is 5.80. The number of tetrazole rings is 1. The highest BCUT2D eigenvalue weighted by Gasteiger charge is 2.15. The maximum Gasteiger partial charge on any atom is 0.182 e. The van der Waals surface area contributed by atoms with Crippen LogP contribution in [-0.2, 0) is 6.42 Å². The van der Waals surface area contributed by atoms with Gasteiger partial charge in [0.05, 0.1) is 17.7 Å². The van der Waals surface area contributed by atoms with E-state index in [0.29, 0.717) is 0 Å². The molecule has 0 aliphatic heterocycles. The summed E-state index contributed by atoms with van der Waals surface area (Å²) in [5, 5.41) is 22.5. The van der Waals surface area contributed by atoms with Crippen LogP contribution in [0.1, 0.15) is 16.2 Å². The van der Waals surface area contributed by atoms with E-state index in [1.165, 1.54) is 12.1 Å². The molecule has 0 saturated carbocycles. The van der Waals surface area contributed by atoms with E-state index in [1.807, 2.05) is 0 Å². The Morgan fingerprint density at radius 1 is 1.50 bits per heavy atom. The zero-order chi connectivity index (χ0) is 11.5. The van der Waals surface area contributed by atoms with Crippen LogP contribution in [0.5, 0.6) is 5.75 Å². The summed E-state index contributed by atoms with van der Waals surface area (Å²) in [5.74, 6) is -0.256. The number of hydrogen-bond acceptors (Lipinski definition) is 6. The number of nitrogens with zero attached hydrogens (tertiary/aromatic N) is 3. The van der Waals surface area contributed by atoms with Crippen molar-refractivity contribution in [1.82, 2.24) is 20.6 Å². The number of carbonyl (C=O) groups excluding carboxylic acids is 1. The Labute approximate surface area is 90.3 Å². The van der Waals surface area contributed by atoms with Crippen LogP contribution in [0.2, 0.25) is 0 Å². The van der Waals surface area contributed by atoms with E-state index in [4.69, 9.17) is 5.73 Å². The van der Waals surface area contributed by atoms with E-state index in [9.17, 15) is 9.90 Å². The first-order chi connectivity index (χ1) is 7.68. The van der Waals surface area contributed by atoms with Crippen LogP contribution in [0, 0.1) is 0 Å². The summed E-state index contributed by atoms with van der Waals surface area (Å²) < 4.78 is 0. The molecule has 1 aromatic carbocycles. The number of H-pyrrole nitrogens is 1. The van der Waals surface area contributed by atoms with Crippen molar-refractivity contribution in [2.45, 2.75) is 6.42 Å². The number of carbonyl (C=O) groups is 1. The molecule has 2 rings (SSSR count). The van der Waals surface area contributed by atoms with Crippen LogP contribution < -0.4 is 5.73 Å². The summed E-state index contributed by atoms with van der Waals surface area (Å²) in [6.07, 6.45) is -0.0342. The number of nitrogens with two attached hydrogens (primary N) is 1. The molecule has 0 radical (unpaired) electrons. The zero-order valence-electron chi connectivity index (χ0n) is 8.21. The number of benzene rings is 1.